The quantitative estimate of drug-likeness (QED) is 0.623. The van der Waals surface area contributed by atoms with Crippen LogP contribution in [0, 0.1) is 0 Å². The molecule has 1 aromatic carbocycles. The summed E-state index contributed by atoms with van der Waals surface area (Å²) in [5, 5.41) is 4.96. The number of morpholine rings is 1. The molecule has 0 saturated carbocycles. The number of nitrogens with one attached hydrogen (secondary N) is 1. The van der Waals surface area contributed by atoms with Gasteiger partial charge in [0.05, 0.1) is 19.4 Å². The number of anilines is 3. The fraction of sp³-hybridized carbons (Fsp3) is 0.444. The van der Waals surface area contributed by atoms with Gasteiger partial charge in [0, 0.05) is 31.2 Å². The van der Waals surface area contributed by atoms with Gasteiger partial charge in [0.2, 0.25) is 17.8 Å². The molecule has 0 unspecified atom stereocenters. The first-order valence-electron chi connectivity index (χ1n) is 9.16. The fourth-order valence-corrected chi connectivity index (χ4v) is 3.21. The van der Waals surface area contributed by atoms with Gasteiger partial charge < -0.3 is 14.5 Å². The maximum atomic E-state index is 5.91. The highest BCUT2D eigenvalue weighted by Gasteiger charge is 2.21. The molecule has 0 bridgehead atoms. The minimum atomic E-state index is 0.443. The first kappa shape index (κ1) is 17.9. The van der Waals surface area contributed by atoms with Crippen LogP contribution in [0.5, 0.6) is 0 Å². The second kappa shape index (κ2) is 8.49. The van der Waals surface area contributed by atoms with Gasteiger partial charge >= 0.3 is 0 Å². The largest absolute Gasteiger partial charge is 0.378 e. The summed E-state index contributed by atoms with van der Waals surface area (Å²) in [6.07, 6.45) is 4.04. The second-order valence-electron chi connectivity index (χ2n) is 6.47. The van der Waals surface area contributed by atoms with Crippen molar-refractivity contribution in [3.05, 3.63) is 34.9 Å². The maximum Gasteiger partial charge on any atom is 0.250 e. The average Bonchev–Trinajstić information content (AvgIpc) is 3.25. The molecule has 3 heterocycles. The van der Waals surface area contributed by atoms with Crippen LogP contribution in [0.4, 0.5) is 17.8 Å². The van der Waals surface area contributed by atoms with Gasteiger partial charge in [0.1, 0.15) is 0 Å². The summed E-state index contributed by atoms with van der Waals surface area (Å²) in [5.74, 6) is 1.81. The zero-order valence-corrected chi connectivity index (χ0v) is 15.8. The predicted octanol–water partition coefficient (Wildman–Crippen LogP) is 2.41. The third-order valence-corrected chi connectivity index (χ3v) is 4.79. The van der Waals surface area contributed by atoms with Gasteiger partial charge in [0.25, 0.3) is 0 Å². The number of ether oxygens (including phenoxy) is 1. The Kier molecular flexibility index (Phi) is 5.64. The smallest absolute Gasteiger partial charge is 0.250 e. The van der Waals surface area contributed by atoms with Crippen molar-refractivity contribution in [1.29, 1.82) is 0 Å². The molecule has 1 aromatic heterocycles. The number of rotatable bonds is 5. The molecule has 9 heteroatoms. The molecule has 1 N–H and O–H groups in total. The van der Waals surface area contributed by atoms with Gasteiger partial charge in [-0.3, -0.25) is 0 Å². The number of benzene rings is 1. The molecule has 8 nitrogen and oxygen atoms in total. The third kappa shape index (κ3) is 4.64. The molecule has 0 amide bonds. The van der Waals surface area contributed by atoms with Crippen molar-refractivity contribution in [3.63, 3.8) is 0 Å². The van der Waals surface area contributed by atoms with Crippen LogP contribution in [0.1, 0.15) is 18.4 Å². The molecule has 0 aliphatic carbocycles. The first-order chi connectivity index (χ1) is 13.3. The molecule has 27 heavy (non-hydrogen) atoms. The number of halogens is 1. The van der Waals surface area contributed by atoms with E-state index in [-0.39, 0.29) is 0 Å². The van der Waals surface area contributed by atoms with Gasteiger partial charge in [-0.1, -0.05) is 23.7 Å². The van der Waals surface area contributed by atoms with Crippen molar-refractivity contribution in [2.45, 2.75) is 12.8 Å². The Bertz CT molecular complexity index is 787. The predicted molar refractivity (Wildman–Crippen MR) is 107 cm³/mol. The van der Waals surface area contributed by atoms with Crippen LogP contribution < -0.4 is 15.2 Å². The SMILES string of the molecule is Clc1ccc(/C=N/Nc2nc(N3CCCC3)nc(N3CCOCC3)n2)cc1. The highest BCUT2D eigenvalue weighted by atomic mass is 35.5. The summed E-state index contributed by atoms with van der Waals surface area (Å²) in [5.41, 5.74) is 3.88. The summed E-state index contributed by atoms with van der Waals surface area (Å²) >= 11 is 5.91. The molecule has 0 atom stereocenters. The van der Waals surface area contributed by atoms with Crippen molar-refractivity contribution in [2.24, 2.45) is 5.10 Å². The molecule has 2 aliphatic rings. The lowest BCUT2D eigenvalue weighted by Crippen LogP contribution is -2.38. The lowest BCUT2D eigenvalue weighted by Gasteiger charge is -2.27. The average molecular weight is 388 g/mol. The fourth-order valence-electron chi connectivity index (χ4n) is 3.08. The summed E-state index contributed by atoms with van der Waals surface area (Å²) in [6.45, 7) is 4.86. The molecule has 0 radical (unpaired) electrons. The van der Waals surface area contributed by atoms with Gasteiger partial charge in [-0.05, 0) is 30.5 Å². The Labute approximate surface area is 163 Å². The van der Waals surface area contributed by atoms with Crippen LogP contribution in [0.3, 0.4) is 0 Å². The highest BCUT2D eigenvalue weighted by molar-refractivity contribution is 6.30. The van der Waals surface area contributed by atoms with Crippen molar-refractivity contribution in [2.75, 3.05) is 54.6 Å². The number of aromatic nitrogens is 3. The molecule has 2 saturated heterocycles. The third-order valence-electron chi connectivity index (χ3n) is 4.54. The molecular weight excluding hydrogens is 366 g/mol. The zero-order valence-electron chi connectivity index (χ0n) is 15.0. The first-order valence-corrected chi connectivity index (χ1v) is 9.54. The summed E-state index contributed by atoms with van der Waals surface area (Å²) in [7, 11) is 0. The Morgan fingerprint density at radius 3 is 2.22 bits per heavy atom. The second-order valence-corrected chi connectivity index (χ2v) is 6.91. The van der Waals surface area contributed by atoms with E-state index in [0.717, 1.165) is 44.6 Å². The molecule has 142 valence electrons. The van der Waals surface area contributed by atoms with E-state index in [4.69, 9.17) is 16.3 Å². The lowest BCUT2D eigenvalue weighted by molar-refractivity contribution is 0.122. The van der Waals surface area contributed by atoms with Gasteiger partial charge in [0.15, 0.2) is 0 Å². The summed E-state index contributed by atoms with van der Waals surface area (Å²) in [4.78, 5) is 18.1. The summed E-state index contributed by atoms with van der Waals surface area (Å²) in [6, 6.07) is 7.45. The van der Waals surface area contributed by atoms with E-state index in [9.17, 15) is 0 Å². The van der Waals surface area contributed by atoms with Crippen LogP contribution in [0.25, 0.3) is 0 Å². The number of hydrogen-bond acceptors (Lipinski definition) is 8. The molecule has 4 rings (SSSR count). The van der Waals surface area contributed by atoms with E-state index in [1.54, 1.807) is 6.21 Å². The van der Waals surface area contributed by atoms with E-state index in [2.05, 4.69) is 35.3 Å². The summed E-state index contributed by atoms with van der Waals surface area (Å²) < 4.78 is 5.43. The Morgan fingerprint density at radius 2 is 1.56 bits per heavy atom. The van der Waals surface area contributed by atoms with Crippen molar-refractivity contribution < 1.29 is 4.74 Å². The Balaban J connectivity index is 1.54. The minimum absolute atomic E-state index is 0.443. The van der Waals surface area contributed by atoms with Crippen LogP contribution in [0.2, 0.25) is 5.02 Å². The van der Waals surface area contributed by atoms with E-state index >= 15 is 0 Å². The van der Waals surface area contributed by atoms with E-state index < -0.39 is 0 Å². The Morgan fingerprint density at radius 1 is 0.926 bits per heavy atom. The van der Waals surface area contributed by atoms with E-state index in [1.165, 1.54) is 0 Å². The van der Waals surface area contributed by atoms with Crippen LogP contribution >= 0.6 is 11.6 Å². The number of hydrazone groups is 1. The molecule has 2 aliphatic heterocycles. The van der Waals surface area contributed by atoms with Gasteiger partial charge in [-0.15, -0.1) is 0 Å². The molecule has 2 aromatic rings. The maximum absolute atomic E-state index is 5.91. The van der Waals surface area contributed by atoms with Crippen LogP contribution in [0.15, 0.2) is 29.4 Å². The van der Waals surface area contributed by atoms with E-state index in [0.29, 0.717) is 36.1 Å². The van der Waals surface area contributed by atoms with Crippen LogP contribution in [-0.4, -0.2) is 60.6 Å². The van der Waals surface area contributed by atoms with Crippen LogP contribution in [-0.2, 0) is 4.74 Å². The monoisotopic (exact) mass is 387 g/mol. The Hall–Kier alpha value is -2.45. The van der Waals surface area contributed by atoms with Crippen molar-refractivity contribution >= 4 is 35.7 Å². The highest BCUT2D eigenvalue weighted by Crippen LogP contribution is 2.21. The van der Waals surface area contributed by atoms with Crippen molar-refractivity contribution in [1.82, 2.24) is 15.0 Å². The molecular formula is C18H22ClN7O. The normalized spacial score (nSPS) is 17.7. The molecule has 2 fully saturated rings. The number of nitrogens with zero attached hydrogens (tertiary/aromatic N) is 6. The van der Waals surface area contributed by atoms with Crippen molar-refractivity contribution in [3.8, 4) is 0 Å². The standard InChI is InChI=1S/C18H22ClN7O/c19-15-5-3-14(4-6-15)13-20-24-16-21-17(25-7-1-2-8-25)23-18(22-16)26-9-11-27-12-10-26/h3-6,13H,1-2,7-12H2,(H,21,22,23,24)/b20-13+. The van der Waals surface area contributed by atoms with Gasteiger partial charge in [-0.25, -0.2) is 5.43 Å². The van der Waals surface area contributed by atoms with E-state index in [1.807, 2.05) is 24.3 Å². The van der Waals surface area contributed by atoms with Gasteiger partial charge in [-0.2, -0.15) is 20.1 Å². The zero-order chi connectivity index (χ0) is 18.5. The topological polar surface area (TPSA) is 78.8 Å². The number of hydrogen-bond donors (Lipinski definition) is 1. The lowest BCUT2D eigenvalue weighted by atomic mass is 10.2. The molecule has 0 spiro atoms. The minimum Gasteiger partial charge on any atom is -0.378 e.